The Hall–Kier alpha value is -1.24. The van der Waals surface area contributed by atoms with Crippen molar-refractivity contribution in [3.05, 3.63) is 33.8 Å². The number of benzene rings is 1. The Labute approximate surface area is 136 Å². The van der Waals surface area contributed by atoms with Gasteiger partial charge >= 0.3 is 0 Å². The van der Waals surface area contributed by atoms with Gasteiger partial charge in [-0.15, -0.1) is 0 Å². The number of nitriles is 1. The average molecular weight is 327 g/mol. The predicted octanol–water partition coefficient (Wildman–Crippen LogP) is 4.75. The van der Waals surface area contributed by atoms with Crippen LogP contribution in [0.3, 0.4) is 0 Å². The lowest BCUT2D eigenvalue weighted by molar-refractivity contribution is -0.126. The van der Waals surface area contributed by atoms with Crippen molar-refractivity contribution in [2.24, 2.45) is 11.3 Å². The minimum atomic E-state index is -0.711. The van der Waals surface area contributed by atoms with Gasteiger partial charge < -0.3 is 5.32 Å². The van der Waals surface area contributed by atoms with Crippen molar-refractivity contribution in [2.75, 3.05) is 0 Å². The molecule has 0 spiro atoms. The number of nitrogens with one attached hydrogen (secondary N) is 1. The number of hydrogen-bond acceptors (Lipinski definition) is 2. The SMILES string of the molecule is CCC(NC(=O)C(C#N)C(C)(C)C)c1ccc(Cl)cc1Cl. The normalized spacial score (nSPS) is 14.1. The molecular weight excluding hydrogens is 307 g/mol. The summed E-state index contributed by atoms with van der Waals surface area (Å²) in [7, 11) is 0. The predicted molar refractivity (Wildman–Crippen MR) is 86.2 cm³/mol. The second-order valence-electron chi connectivity index (χ2n) is 6.06. The minimum Gasteiger partial charge on any atom is -0.348 e. The summed E-state index contributed by atoms with van der Waals surface area (Å²) in [5, 5.41) is 13.2. The molecule has 0 aliphatic heterocycles. The molecule has 0 saturated heterocycles. The van der Waals surface area contributed by atoms with Gasteiger partial charge in [-0.2, -0.15) is 5.26 Å². The van der Waals surface area contributed by atoms with Crippen LogP contribution >= 0.6 is 23.2 Å². The Balaban J connectivity index is 2.98. The molecule has 2 unspecified atom stereocenters. The standard InChI is InChI=1S/C16H20Cl2N2O/c1-5-14(11-7-6-10(17)8-13(11)18)20-15(21)12(9-19)16(2,3)4/h6-8,12,14H,5H2,1-4H3,(H,20,21). The number of rotatable bonds is 4. The van der Waals surface area contributed by atoms with Gasteiger partial charge in [0.05, 0.1) is 12.1 Å². The van der Waals surface area contributed by atoms with Crippen LogP contribution < -0.4 is 5.32 Å². The first-order chi connectivity index (χ1) is 9.70. The van der Waals surface area contributed by atoms with E-state index in [9.17, 15) is 10.1 Å². The van der Waals surface area contributed by atoms with E-state index >= 15 is 0 Å². The summed E-state index contributed by atoms with van der Waals surface area (Å²) in [5.74, 6) is -0.986. The highest BCUT2D eigenvalue weighted by atomic mass is 35.5. The molecule has 2 atom stereocenters. The van der Waals surface area contributed by atoms with Crippen molar-refractivity contribution in [1.82, 2.24) is 5.32 Å². The van der Waals surface area contributed by atoms with E-state index in [1.165, 1.54) is 0 Å². The first kappa shape index (κ1) is 17.8. The summed E-state index contributed by atoms with van der Waals surface area (Å²) in [6.45, 7) is 7.57. The molecule has 0 aromatic heterocycles. The van der Waals surface area contributed by atoms with Gasteiger partial charge in [-0.25, -0.2) is 0 Å². The summed E-state index contributed by atoms with van der Waals surface area (Å²) < 4.78 is 0. The van der Waals surface area contributed by atoms with Crippen molar-refractivity contribution < 1.29 is 4.79 Å². The topological polar surface area (TPSA) is 52.9 Å². The number of amides is 1. The highest BCUT2D eigenvalue weighted by Gasteiger charge is 2.32. The number of carbonyl (C=O) groups is 1. The van der Waals surface area contributed by atoms with Gasteiger partial charge in [0.1, 0.15) is 5.92 Å². The van der Waals surface area contributed by atoms with Crippen LogP contribution in [0.4, 0.5) is 0 Å². The molecular formula is C16H20Cl2N2O. The van der Waals surface area contributed by atoms with Crippen LogP contribution in [-0.2, 0) is 4.79 Å². The van der Waals surface area contributed by atoms with E-state index in [2.05, 4.69) is 11.4 Å². The first-order valence-electron chi connectivity index (χ1n) is 6.85. The van der Waals surface area contributed by atoms with Crippen molar-refractivity contribution >= 4 is 29.1 Å². The average Bonchev–Trinajstić information content (AvgIpc) is 2.35. The maximum absolute atomic E-state index is 12.3. The van der Waals surface area contributed by atoms with Crippen LogP contribution in [0.2, 0.25) is 10.0 Å². The van der Waals surface area contributed by atoms with Gasteiger partial charge in [0.25, 0.3) is 0 Å². The molecule has 114 valence electrons. The minimum absolute atomic E-state index is 0.236. The molecule has 0 heterocycles. The van der Waals surface area contributed by atoms with Crippen LogP contribution in [0.25, 0.3) is 0 Å². The van der Waals surface area contributed by atoms with Crippen LogP contribution in [0.5, 0.6) is 0 Å². The van der Waals surface area contributed by atoms with Gasteiger partial charge in [0, 0.05) is 10.0 Å². The summed E-state index contributed by atoms with van der Waals surface area (Å²) in [5.41, 5.74) is 0.392. The fourth-order valence-electron chi connectivity index (χ4n) is 2.08. The van der Waals surface area contributed by atoms with Crippen LogP contribution in [0.15, 0.2) is 18.2 Å². The van der Waals surface area contributed by atoms with Crippen molar-refractivity contribution in [2.45, 2.75) is 40.2 Å². The van der Waals surface area contributed by atoms with Crippen LogP contribution in [0.1, 0.15) is 45.7 Å². The Morgan fingerprint density at radius 3 is 2.43 bits per heavy atom. The van der Waals surface area contributed by atoms with Crippen molar-refractivity contribution in [1.29, 1.82) is 5.26 Å². The zero-order chi connectivity index (χ0) is 16.2. The molecule has 0 bridgehead atoms. The second kappa shape index (κ2) is 7.15. The first-order valence-corrected chi connectivity index (χ1v) is 7.61. The van der Waals surface area contributed by atoms with E-state index in [0.29, 0.717) is 16.5 Å². The molecule has 0 fully saturated rings. The van der Waals surface area contributed by atoms with Crippen LogP contribution in [-0.4, -0.2) is 5.91 Å². The number of hydrogen-bond donors (Lipinski definition) is 1. The second-order valence-corrected chi connectivity index (χ2v) is 6.91. The molecule has 1 rings (SSSR count). The molecule has 21 heavy (non-hydrogen) atoms. The summed E-state index contributed by atoms with van der Waals surface area (Å²) in [6, 6.07) is 7.04. The quantitative estimate of drug-likeness (QED) is 0.868. The Morgan fingerprint density at radius 1 is 1.38 bits per heavy atom. The molecule has 0 aliphatic carbocycles. The Kier molecular flexibility index (Phi) is 6.07. The van der Waals surface area contributed by atoms with Crippen molar-refractivity contribution in [3.63, 3.8) is 0 Å². The number of halogens is 2. The lowest BCUT2D eigenvalue weighted by atomic mass is 9.81. The van der Waals surface area contributed by atoms with E-state index in [4.69, 9.17) is 23.2 Å². The van der Waals surface area contributed by atoms with E-state index in [1.807, 2.05) is 27.7 Å². The lowest BCUT2D eigenvalue weighted by Gasteiger charge is -2.26. The molecule has 0 saturated carbocycles. The molecule has 0 aliphatic rings. The van der Waals surface area contributed by atoms with Gasteiger partial charge in [-0.3, -0.25) is 4.79 Å². The van der Waals surface area contributed by atoms with E-state index < -0.39 is 11.3 Å². The number of nitrogens with zero attached hydrogens (tertiary/aromatic N) is 1. The molecule has 1 aromatic carbocycles. The smallest absolute Gasteiger partial charge is 0.238 e. The van der Waals surface area contributed by atoms with E-state index in [1.54, 1.807) is 18.2 Å². The highest BCUT2D eigenvalue weighted by molar-refractivity contribution is 6.35. The lowest BCUT2D eigenvalue weighted by Crippen LogP contribution is -2.39. The van der Waals surface area contributed by atoms with Crippen molar-refractivity contribution in [3.8, 4) is 6.07 Å². The summed E-state index contributed by atoms with van der Waals surface area (Å²) in [6.07, 6.45) is 0.676. The fraction of sp³-hybridized carbons (Fsp3) is 0.500. The van der Waals surface area contributed by atoms with E-state index in [-0.39, 0.29) is 11.9 Å². The molecule has 1 N–H and O–H groups in total. The molecule has 1 amide bonds. The maximum Gasteiger partial charge on any atom is 0.238 e. The summed E-state index contributed by atoms with van der Waals surface area (Å²) in [4.78, 5) is 12.3. The van der Waals surface area contributed by atoms with E-state index in [0.717, 1.165) is 5.56 Å². The zero-order valence-electron chi connectivity index (χ0n) is 12.7. The maximum atomic E-state index is 12.3. The molecule has 1 aromatic rings. The third-order valence-electron chi connectivity index (χ3n) is 3.32. The largest absolute Gasteiger partial charge is 0.348 e. The van der Waals surface area contributed by atoms with Gasteiger partial charge in [0.2, 0.25) is 5.91 Å². The Morgan fingerprint density at radius 2 is 2.00 bits per heavy atom. The Bertz CT molecular complexity index is 558. The molecule has 5 heteroatoms. The van der Waals surface area contributed by atoms with Gasteiger partial charge in [-0.1, -0.05) is 57.0 Å². The monoisotopic (exact) mass is 326 g/mol. The highest BCUT2D eigenvalue weighted by Crippen LogP contribution is 2.30. The molecule has 3 nitrogen and oxygen atoms in total. The third-order valence-corrected chi connectivity index (χ3v) is 3.88. The van der Waals surface area contributed by atoms with Gasteiger partial charge in [0.15, 0.2) is 0 Å². The fourth-order valence-corrected chi connectivity index (χ4v) is 2.62. The van der Waals surface area contributed by atoms with Crippen LogP contribution in [0, 0.1) is 22.7 Å². The van der Waals surface area contributed by atoms with Gasteiger partial charge in [-0.05, 0) is 29.5 Å². The third kappa shape index (κ3) is 4.62. The molecule has 0 radical (unpaired) electrons. The summed E-state index contributed by atoms with van der Waals surface area (Å²) >= 11 is 12.1. The zero-order valence-corrected chi connectivity index (χ0v) is 14.2. The number of carbonyl (C=O) groups excluding carboxylic acids is 1.